The molecule has 0 radical (unpaired) electrons. The lowest BCUT2D eigenvalue weighted by Crippen LogP contribution is -2.32. The number of rotatable bonds is 6. The molecular formula is C25H20N4O3. The fraction of sp³-hybridized carbons (Fsp3) is 0.0800. The Morgan fingerprint density at radius 2 is 1.62 bits per heavy atom. The summed E-state index contributed by atoms with van der Waals surface area (Å²) >= 11 is 0. The van der Waals surface area contributed by atoms with Gasteiger partial charge in [0, 0.05) is 29.6 Å². The molecular weight excluding hydrogens is 404 g/mol. The first-order chi connectivity index (χ1) is 15.7. The number of anilines is 2. The zero-order valence-electron chi connectivity index (χ0n) is 17.3. The number of Topliss-reactive ketones (excluding diaryl/α,β-unsaturated/α-hetero) is 1. The second-order valence-electron chi connectivity index (χ2n) is 7.20. The largest absolute Gasteiger partial charge is 0.481 e. The molecule has 5 rings (SSSR count). The van der Waals surface area contributed by atoms with Crippen LogP contribution in [0.5, 0.6) is 17.5 Å². The van der Waals surface area contributed by atoms with Crippen molar-refractivity contribution in [1.29, 1.82) is 0 Å². The number of pyridine rings is 2. The minimum atomic E-state index is -0.497. The number of benzene rings is 2. The van der Waals surface area contributed by atoms with E-state index in [1.807, 2.05) is 48.5 Å². The number of aromatic nitrogens is 2. The minimum absolute atomic E-state index is 0.0462. The topological polar surface area (TPSA) is 85.4 Å². The number of carbonyl (C=O) groups is 1. The van der Waals surface area contributed by atoms with Crippen LogP contribution in [0.4, 0.5) is 11.4 Å². The first-order valence-electron chi connectivity index (χ1n) is 10.1. The van der Waals surface area contributed by atoms with E-state index in [1.165, 1.54) is 0 Å². The Kier molecular flexibility index (Phi) is 5.13. The molecule has 1 aliphatic heterocycles. The van der Waals surface area contributed by atoms with Crippen LogP contribution in [0.25, 0.3) is 11.1 Å². The fourth-order valence-electron chi connectivity index (χ4n) is 3.56. The third-order valence-electron chi connectivity index (χ3n) is 5.17. The molecule has 0 saturated heterocycles. The SMILES string of the molecule is COc1cc(-c2cccnc2Oc2ccc(C(=O)C3Nc4ccccc4N3)cc2)ccn1. The summed E-state index contributed by atoms with van der Waals surface area (Å²) in [7, 11) is 1.57. The highest BCUT2D eigenvalue weighted by Gasteiger charge is 2.26. The van der Waals surface area contributed by atoms with Gasteiger partial charge in [0.05, 0.1) is 18.5 Å². The van der Waals surface area contributed by atoms with Gasteiger partial charge in [-0.1, -0.05) is 12.1 Å². The highest BCUT2D eigenvalue weighted by molar-refractivity contribution is 6.05. The molecule has 4 aromatic rings. The average Bonchev–Trinajstić information content (AvgIpc) is 3.29. The van der Waals surface area contributed by atoms with Crippen LogP contribution in [0, 0.1) is 0 Å². The zero-order valence-corrected chi connectivity index (χ0v) is 17.3. The number of methoxy groups -OCH3 is 1. The summed E-state index contributed by atoms with van der Waals surface area (Å²) in [4.78, 5) is 21.4. The van der Waals surface area contributed by atoms with Crippen LogP contribution in [0.1, 0.15) is 10.4 Å². The van der Waals surface area contributed by atoms with E-state index in [1.54, 1.807) is 43.8 Å². The summed E-state index contributed by atoms with van der Waals surface area (Å²) in [5, 5.41) is 6.41. The molecule has 0 aliphatic carbocycles. The van der Waals surface area contributed by atoms with Crippen LogP contribution in [-0.4, -0.2) is 29.0 Å². The van der Waals surface area contributed by atoms with Crippen LogP contribution in [0.2, 0.25) is 0 Å². The van der Waals surface area contributed by atoms with Crippen molar-refractivity contribution in [2.75, 3.05) is 17.7 Å². The Labute approximate surface area is 185 Å². The molecule has 158 valence electrons. The van der Waals surface area contributed by atoms with Crippen LogP contribution < -0.4 is 20.1 Å². The summed E-state index contributed by atoms with van der Waals surface area (Å²) in [6.07, 6.45) is 2.85. The fourth-order valence-corrected chi connectivity index (χ4v) is 3.56. The Hall–Kier alpha value is -4.39. The quantitative estimate of drug-likeness (QED) is 0.422. The van der Waals surface area contributed by atoms with Crippen LogP contribution in [-0.2, 0) is 0 Å². The van der Waals surface area contributed by atoms with Crippen molar-refractivity contribution in [2.45, 2.75) is 6.17 Å². The van der Waals surface area contributed by atoms with E-state index < -0.39 is 6.17 Å². The molecule has 1 aliphatic rings. The summed E-state index contributed by atoms with van der Waals surface area (Å²) in [6.45, 7) is 0. The van der Waals surface area contributed by atoms with Gasteiger partial charge in [-0.05, 0) is 60.2 Å². The summed E-state index contributed by atoms with van der Waals surface area (Å²) in [6, 6.07) is 22.2. The van der Waals surface area contributed by atoms with Crippen molar-refractivity contribution in [3.8, 4) is 28.6 Å². The normalized spacial score (nSPS) is 12.4. The molecule has 0 spiro atoms. The molecule has 0 atom stereocenters. The van der Waals surface area contributed by atoms with Gasteiger partial charge in [0.15, 0.2) is 6.17 Å². The highest BCUT2D eigenvalue weighted by atomic mass is 16.5. The number of hydrogen-bond donors (Lipinski definition) is 2. The van der Waals surface area contributed by atoms with Crippen molar-refractivity contribution in [3.05, 3.63) is 90.8 Å². The molecule has 3 heterocycles. The van der Waals surface area contributed by atoms with E-state index in [4.69, 9.17) is 9.47 Å². The van der Waals surface area contributed by atoms with Crippen molar-refractivity contribution in [1.82, 2.24) is 9.97 Å². The first kappa shape index (κ1) is 19.6. The number of ether oxygens (including phenoxy) is 2. The second-order valence-corrected chi connectivity index (χ2v) is 7.20. The van der Waals surface area contributed by atoms with Gasteiger partial charge in [-0.2, -0.15) is 0 Å². The van der Waals surface area contributed by atoms with Crippen molar-refractivity contribution < 1.29 is 14.3 Å². The minimum Gasteiger partial charge on any atom is -0.481 e. The predicted molar refractivity (Wildman–Crippen MR) is 122 cm³/mol. The van der Waals surface area contributed by atoms with Crippen molar-refractivity contribution in [3.63, 3.8) is 0 Å². The third kappa shape index (κ3) is 3.83. The van der Waals surface area contributed by atoms with Crippen molar-refractivity contribution >= 4 is 17.2 Å². The number of ketones is 1. The Morgan fingerprint density at radius 3 is 2.34 bits per heavy atom. The van der Waals surface area contributed by atoms with Gasteiger partial charge in [-0.3, -0.25) is 4.79 Å². The number of para-hydroxylation sites is 2. The van der Waals surface area contributed by atoms with Gasteiger partial charge in [-0.15, -0.1) is 0 Å². The number of nitrogens with zero attached hydrogens (tertiary/aromatic N) is 2. The monoisotopic (exact) mass is 424 g/mol. The van der Waals surface area contributed by atoms with E-state index in [0.29, 0.717) is 23.1 Å². The van der Waals surface area contributed by atoms with Gasteiger partial charge in [0.1, 0.15) is 5.75 Å². The molecule has 2 aromatic heterocycles. The maximum atomic E-state index is 12.9. The van der Waals surface area contributed by atoms with Gasteiger partial charge in [-0.25, -0.2) is 9.97 Å². The molecule has 7 heteroatoms. The lowest BCUT2D eigenvalue weighted by Gasteiger charge is -2.13. The Bertz CT molecular complexity index is 1250. The van der Waals surface area contributed by atoms with E-state index >= 15 is 0 Å². The molecule has 0 bridgehead atoms. The first-order valence-corrected chi connectivity index (χ1v) is 10.1. The molecule has 7 nitrogen and oxygen atoms in total. The Morgan fingerprint density at radius 1 is 0.875 bits per heavy atom. The maximum absolute atomic E-state index is 12.9. The molecule has 0 amide bonds. The number of hydrogen-bond acceptors (Lipinski definition) is 7. The van der Waals surface area contributed by atoms with E-state index in [2.05, 4.69) is 20.6 Å². The Balaban J connectivity index is 1.33. The molecule has 2 aromatic carbocycles. The lowest BCUT2D eigenvalue weighted by atomic mass is 10.1. The summed E-state index contributed by atoms with van der Waals surface area (Å²) < 4.78 is 11.3. The summed E-state index contributed by atoms with van der Waals surface area (Å²) in [5.41, 5.74) is 4.10. The second kappa shape index (κ2) is 8.39. The molecule has 0 unspecified atom stereocenters. The number of carbonyl (C=O) groups excluding carboxylic acids is 1. The van der Waals surface area contributed by atoms with Crippen LogP contribution in [0.15, 0.2) is 85.2 Å². The predicted octanol–water partition coefficient (Wildman–Crippen LogP) is 4.99. The van der Waals surface area contributed by atoms with Crippen LogP contribution in [0.3, 0.4) is 0 Å². The van der Waals surface area contributed by atoms with Gasteiger partial charge in [0.2, 0.25) is 17.5 Å². The standard InChI is InChI=1S/C25H20N4O3/c1-31-22-15-17(12-14-26-22)19-5-4-13-27-25(19)32-18-10-8-16(9-11-18)23(30)24-28-20-6-2-3-7-21(20)29-24/h2-15,24,28-29H,1H3. The average molecular weight is 424 g/mol. The molecule has 32 heavy (non-hydrogen) atoms. The number of fused-ring (bicyclic) bond motifs is 1. The van der Waals surface area contributed by atoms with Gasteiger partial charge >= 0.3 is 0 Å². The van der Waals surface area contributed by atoms with Crippen LogP contribution >= 0.6 is 0 Å². The molecule has 0 fully saturated rings. The van der Waals surface area contributed by atoms with E-state index in [9.17, 15) is 4.79 Å². The number of nitrogens with one attached hydrogen (secondary N) is 2. The third-order valence-corrected chi connectivity index (χ3v) is 5.17. The van der Waals surface area contributed by atoms with Crippen molar-refractivity contribution in [2.24, 2.45) is 0 Å². The summed E-state index contributed by atoms with van der Waals surface area (Å²) in [5.74, 6) is 1.50. The smallest absolute Gasteiger partial charge is 0.227 e. The molecule has 0 saturated carbocycles. The van der Waals surface area contributed by atoms with E-state index in [-0.39, 0.29) is 5.78 Å². The zero-order chi connectivity index (χ0) is 21.9. The maximum Gasteiger partial charge on any atom is 0.227 e. The van der Waals surface area contributed by atoms with Gasteiger partial charge in [0.25, 0.3) is 0 Å². The van der Waals surface area contributed by atoms with Gasteiger partial charge < -0.3 is 20.1 Å². The lowest BCUT2D eigenvalue weighted by molar-refractivity contribution is 0.0980. The van der Waals surface area contributed by atoms with E-state index in [0.717, 1.165) is 22.5 Å². The molecule has 2 N–H and O–H groups in total. The highest BCUT2D eigenvalue weighted by Crippen LogP contribution is 2.33.